The number of nitrogens with zero attached hydrogens (tertiary/aromatic N) is 4. The lowest BCUT2D eigenvalue weighted by Crippen LogP contribution is -2.38. The van der Waals surface area contributed by atoms with Crippen molar-refractivity contribution in [3.05, 3.63) is 53.9 Å². The first-order valence-electron chi connectivity index (χ1n) is 9.31. The number of rotatable bonds is 9. The number of aromatic nitrogens is 2. The molecule has 0 radical (unpaired) electrons. The van der Waals surface area contributed by atoms with Crippen molar-refractivity contribution in [2.24, 2.45) is 12.0 Å². The lowest BCUT2D eigenvalue weighted by molar-refractivity contribution is 0.306. The van der Waals surface area contributed by atoms with Crippen molar-refractivity contribution in [1.82, 2.24) is 25.3 Å². The number of hydrogen-bond acceptors (Lipinski definition) is 3. The minimum Gasteiger partial charge on any atom is -0.357 e. The number of likely N-dealkylation sites (N-methyl/N-ethyl adjacent to an activating group) is 1. The van der Waals surface area contributed by atoms with Crippen LogP contribution in [0.4, 0.5) is 0 Å². The van der Waals surface area contributed by atoms with E-state index in [1.807, 2.05) is 17.9 Å². The maximum atomic E-state index is 4.78. The molecule has 142 valence electrons. The first kappa shape index (κ1) is 20.0. The van der Waals surface area contributed by atoms with E-state index in [4.69, 9.17) is 4.99 Å². The Morgan fingerprint density at radius 3 is 2.62 bits per heavy atom. The van der Waals surface area contributed by atoms with Crippen molar-refractivity contribution in [3.63, 3.8) is 0 Å². The van der Waals surface area contributed by atoms with Gasteiger partial charge in [-0.2, -0.15) is 5.10 Å². The molecular formula is C20H32N6. The second kappa shape index (κ2) is 10.6. The Morgan fingerprint density at radius 1 is 1.23 bits per heavy atom. The quantitative estimate of drug-likeness (QED) is 0.411. The summed E-state index contributed by atoms with van der Waals surface area (Å²) in [6.07, 6.45) is 6.12. The molecule has 1 heterocycles. The van der Waals surface area contributed by atoms with Gasteiger partial charge in [-0.05, 0) is 39.4 Å². The summed E-state index contributed by atoms with van der Waals surface area (Å²) in [5.41, 5.74) is 2.56. The zero-order chi connectivity index (χ0) is 18.8. The first-order chi connectivity index (χ1) is 12.6. The number of benzene rings is 1. The van der Waals surface area contributed by atoms with Gasteiger partial charge in [-0.1, -0.05) is 30.3 Å². The molecule has 0 amide bonds. The van der Waals surface area contributed by atoms with E-state index in [-0.39, 0.29) is 6.04 Å². The Labute approximate surface area is 157 Å². The maximum Gasteiger partial charge on any atom is 0.191 e. The highest BCUT2D eigenvalue weighted by atomic mass is 15.2. The van der Waals surface area contributed by atoms with Crippen LogP contribution in [0.2, 0.25) is 0 Å². The molecule has 1 atom stereocenters. The molecule has 1 aromatic heterocycles. The normalized spacial score (nSPS) is 13.0. The smallest absolute Gasteiger partial charge is 0.191 e. The van der Waals surface area contributed by atoms with Crippen molar-refractivity contribution in [1.29, 1.82) is 0 Å². The van der Waals surface area contributed by atoms with Crippen LogP contribution in [0.5, 0.6) is 0 Å². The van der Waals surface area contributed by atoms with Gasteiger partial charge in [-0.15, -0.1) is 0 Å². The Hall–Kier alpha value is -2.34. The van der Waals surface area contributed by atoms with Gasteiger partial charge in [0.05, 0.1) is 18.8 Å². The molecule has 2 N–H and O–H groups in total. The van der Waals surface area contributed by atoms with Gasteiger partial charge in [0.15, 0.2) is 5.96 Å². The third kappa shape index (κ3) is 6.52. The van der Waals surface area contributed by atoms with Crippen molar-refractivity contribution in [2.45, 2.75) is 25.8 Å². The molecule has 0 bridgehead atoms. The Balaban J connectivity index is 1.87. The summed E-state index contributed by atoms with van der Waals surface area (Å²) in [5, 5.41) is 11.1. The minimum atomic E-state index is 0.212. The van der Waals surface area contributed by atoms with Crippen LogP contribution in [-0.2, 0) is 13.5 Å². The maximum absolute atomic E-state index is 4.78. The van der Waals surface area contributed by atoms with Crippen LogP contribution in [0.3, 0.4) is 0 Å². The number of hydrogen-bond donors (Lipinski definition) is 2. The topological polar surface area (TPSA) is 57.5 Å². The largest absolute Gasteiger partial charge is 0.357 e. The molecule has 6 heteroatoms. The Kier molecular flexibility index (Phi) is 8.15. The zero-order valence-corrected chi connectivity index (χ0v) is 16.4. The second-order valence-corrected chi connectivity index (χ2v) is 6.66. The summed E-state index contributed by atoms with van der Waals surface area (Å²) in [7, 11) is 6.10. The lowest BCUT2D eigenvalue weighted by Gasteiger charge is -2.22. The zero-order valence-electron chi connectivity index (χ0n) is 16.4. The van der Waals surface area contributed by atoms with Gasteiger partial charge in [0.1, 0.15) is 0 Å². The predicted molar refractivity (Wildman–Crippen MR) is 108 cm³/mol. The number of guanidine groups is 1. The van der Waals surface area contributed by atoms with Crippen molar-refractivity contribution < 1.29 is 0 Å². The van der Waals surface area contributed by atoms with E-state index in [1.54, 1.807) is 0 Å². The Morgan fingerprint density at radius 2 is 2.00 bits per heavy atom. The average Bonchev–Trinajstić information content (AvgIpc) is 3.05. The van der Waals surface area contributed by atoms with Crippen LogP contribution >= 0.6 is 0 Å². The fourth-order valence-corrected chi connectivity index (χ4v) is 2.84. The molecule has 0 spiro atoms. The van der Waals surface area contributed by atoms with E-state index >= 15 is 0 Å². The minimum absolute atomic E-state index is 0.212. The van der Waals surface area contributed by atoms with E-state index < -0.39 is 0 Å². The number of nitrogens with one attached hydrogen (secondary N) is 2. The molecule has 2 aromatic rings. The predicted octanol–water partition coefficient (Wildman–Crippen LogP) is 2.21. The number of aliphatic imine (C=N–C) groups is 1. The highest BCUT2D eigenvalue weighted by Gasteiger charge is 2.15. The standard InChI is InChI=1S/C20H32N6/c1-5-21-20(22-13-9-12-17-10-7-6-8-11-17)23-15-19(25(2)3)18-14-24-26(4)16-18/h6-8,10-11,14,16,19H,5,9,12-13,15H2,1-4H3,(H2,21,22,23). The molecule has 0 aliphatic heterocycles. The summed E-state index contributed by atoms with van der Waals surface area (Å²) < 4.78 is 1.84. The van der Waals surface area contributed by atoms with Gasteiger partial charge in [-0.25, -0.2) is 0 Å². The van der Waals surface area contributed by atoms with Crippen molar-refractivity contribution in [3.8, 4) is 0 Å². The second-order valence-electron chi connectivity index (χ2n) is 6.66. The summed E-state index contributed by atoms with van der Waals surface area (Å²) in [4.78, 5) is 6.96. The van der Waals surface area contributed by atoms with Crippen LogP contribution < -0.4 is 10.6 Å². The van der Waals surface area contributed by atoms with Gasteiger partial charge in [-0.3, -0.25) is 9.67 Å². The summed E-state index contributed by atoms with van der Waals surface area (Å²) in [6.45, 7) is 4.53. The van der Waals surface area contributed by atoms with Crippen LogP contribution in [0.1, 0.15) is 30.5 Å². The molecular weight excluding hydrogens is 324 g/mol. The van der Waals surface area contributed by atoms with Crippen LogP contribution in [0.25, 0.3) is 0 Å². The third-order valence-corrected chi connectivity index (χ3v) is 4.28. The number of aryl methyl sites for hydroxylation is 2. The molecule has 0 aliphatic carbocycles. The van der Waals surface area contributed by atoms with Gasteiger partial charge in [0.2, 0.25) is 0 Å². The first-order valence-corrected chi connectivity index (χ1v) is 9.31. The molecule has 1 aromatic carbocycles. The molecule has 6 nitrogen and oxygen atoms in total. The molecule has 0 aliphatic rings. The van der Waals surface area contributed by atoms with E-state index in [9.17, 15) is 0 Å². The van der Waals surface area contributed by atoms with Gasteiger partial charge in [0, 0.05) is 31.9 Å². The summed E-state index contributed by atoms with van der Waals surface area (Å²) in [5.74, 6) is 0.872. The molecule has 0 saturated carbocycles. The van der Waals surface area contributed by atoms with Gasteiger partial charge >= 0.3 is 0 Å². The fourth-order valence-electron chi connectivity index (χ4n) is 2.84. The van der Waals surface area contributed by atoms with E-state index in [0.29, 0.717) is 6.54 Å². The van der Waals surface area contributed by atoms with E-state index in [1.165, 1.54) is 11.1 Å². The van der Waals surface area contributed by atoms with Crippen molar-refractivity contribution >= 4 is 5.96 Å². The lowest BCUT2D eigenvalue weighted by atomic mass is 10.1. The van der Waals surface area contributed by atoms with E-state index in [0.717, 1.165) is 31.9 Å². The molecule has 26 heavy (non-hydrogen) atoms. The monoisotopic (exact) mass is 356 g/mol. The average molecular weight is 357 g/mol. The SMILES string of the molecule is CCNC(=NCC(c1cnn(C)c1)N(C)C)NCCCc1ccccc1. The van der Waals surface area contributed by atoms with Crippen LogP contribution in [0, 0.1) is 0 Å². The van der Waals surface area contributed by atoms with Crippen LogP contribution in [-0.4, -0.2) is 54.4 Å². The molecule has 0 saturated heterocycles. The summed E-state index contributed by atoms with van der Waals surface area (Å²) in [6, 6.07) is 10.8. The van der Waals surface area contributed by atoms with Gasteiger partial charge < -0.3 is 15.5 Å². The van der Waals surface area contributed by atoms with Gasteiger partial charge in [0.25, 0.3) is 0 Å². The fraction of sp³-hybridized carbons (Fsp3) is 0.500. The molecule has 1 unspecified atom stereocenters. The highest BCUT2D eigenvalue weighted by molar-refractivity contribution is 5.79. The third-order valence-electron chi connectivity index (χ3n) is 4.28. The molecule has 2 rings (SSSR count). The summed E-state index contributed by atoms with van der Waals surface area (Å²) >= 11 is 0. The van der Waals surface area contributed by atoms with Crippen molar-refractivity contribution in [2.75, 3.05) is 33.7 Å². The molecule has 0 fully saturated rings. The Bertz CT molecular complexity index is 662. The van der Waals surface area contributed by atoms with Crippen LogP contribution in [0.15, 0.2) is 47.7 Å². The highest BCUT2D eigenvalue weighted by Crippen LogP contribution is 2.17. The van der Waals surface area contributed by atoms with E-state index in [2.05, 4.69) is 78.2 Å².